The van der Waals surface area contributed by atoms with E-state index in [0.717, 1.165) is 29.7 Å². The first-order valence-corrected chi connectivity index (χ1v) is 11.4. The van der Waals surface area contributed by atoms with Crippen LogP contribution in [0, 0.1) is 13.8 Å². The fraction of sp³-hybridized carbons (Fsp3) is 0.286. The molecule has 0 bridgehead atoms. The van der Waals surface area contributed by atoms with E-state index in [4.69, 9.17) is 14.2 Å². The fourth-order valence-electron chi connectivity index (χ4n) is 3.28. The molecule has 34 heavy (non-hydrogen) atoms. The topological polar surface area (TPSA) is 73.9 Å². The van der Waals surface area contributed by atoms with Gasteiger partial charge in [0, 0.05) is 16.8 Å². The minimum atomic E-state index is -0.366. The number of rotatable bonds is 10. The monoisotopic (exact) mass is 461 g/mol. The van der Waals surface area contributed by atoms with Crippen LogP contribution in [0.4, 0.5) is 5.69 Å². The normalized spacial score (nSPS) is 10.5. The zero-order valence-electron chi connectivity index (χ0n) is 20.1. The first kappa shape index (κ1) is 24.8. The van der Waals surface area contributed by atoms with E-state index in [-0.39, 0.29) is 18.5 Å². The molecule has 178 valence electrons. The molecule has 1 N–H and O–H groups in total. The van der Waals surface area contributed by atoms with Gasteiger partial charge in [0.15, 0.2) is 0 Å². The van der Waals surface area contributed by atoms with E-state index in [1.165, 1.54) is 5.56 Å². The summed E-state index contributed by atoms with van der Waals surface area (Å²) < 4.78 is 16.6. The molecule has 0 unspecified atom stereocenters. The molecular formula is C28H31NO5. The molecule has 0 aliphatic carbocycles. The molecule has 0 saturated carbocycles. The Morgan fingerprint density at radius 2 is 1.62 bits per heavy atom. The summed E-state index contributed by atoms with van der Waals surface area (Å²) in [7, 11) is 1.59. The van der Waals surface area contributed by atoms with Gasteiger partial charge in [-0.3, -0.25) is 4.79 Å². The van der Waals surface area contributed by atoms with Crippen molar-refractivity contribution in [3.05, 3.63) is 88.5 Å². The molecule has 0 atom stereocenters. The summed E-state index contributed by atoms with van der Waals surface area (Å²) in [6.45, 7) is 6.80. The Morgan fingerprint density at radius 1 is 0.882 bits per heavy atom. The molecular weight excluding hydrogens is 430 g/mol. The summed E-state index contributed by atoms with van der Waals surface area (Å²) in [6.07, 6.45) is 1.79. The Morgan fingerprint density at radius 3 is 2.29 bits per heavy atom. The van der Waals surface area contributed by atoms with Gasteiger partial charge in [-0.25, -0.2) is 4.79 Å². The summed E-state index contributed by atoms with van der Waals surface area (Å²) >= 11 is 0. The van der Waals surface area contributed by atoms with Crippen molar-refractivity contribution < 1.29 is 23.8 Å². The highest BCUT2D eigenvalue weighted by Gasteiger charge is 2.13. The van der Waals surface area contributed by atoms with Gasteiger partial charge in [-0.2, -0.15) is 0 Å². The number of methoxy groups -OCH3 is 1. The number of benzene rings is 3. The largest absolute Gasteiger partial charge is 0.496 e. The van der Waals surface area contributed by atoms with Gasteiger partial charge in [0.25, 0.3) is 5.91 Å². The van der Waals surface area contributed by atoms with Crippen molar-refractivity contribution in [2.45, 2.75) is 40.2 Å². The summed E-state index contributed by atoms with van der Waals surface area (Å²) in [4.78, 5) is 24.9. The minimum Gasteiger partial charge on any atom is -0.496 e. The lowest BCUT2D eigenvalue weighted by Crippen LogP contribution is -2.13. The van der Waals surface area contributed by atoms with Crippen LogP contribution in [0.15, 0.2) is 60.7 Å². The van der Waals surface area contributed by atoms with E-state index in [0.29, 0.717) is 29.2 Å². The van der Waals surface area contributed by atoms with E-state index in [1.807, 2.05) is 32.0 Å². The predicted octanol–water partition coefficient (Wildman–Crippen LogP) is 6.10. The summed E-state index contributed by atoms with van der Waals surface area (Å²) in [5.41, 5.74) is 4.62. The number of hydrogen-bond donors (Lipinski definition) is 1. The van der Waals surface area contributed by atoms with E-state index in [9.17, 15) is 9.59 Å². The number of anilines is 1. The van der Waals surface area contributed by atoms with Gasteiger partial charge in [-0.1, -0.05) is 19.4 Å². The van der Waals surface area contributed by atoms with Gasteiger partial charge in [0.05, 0.1) is 19.3 Å². The molecule has 0 aromatic heterocycles. The maximum Gasteiger partial charge on any atom is 0.338 e. The smallest absolute Gasteiger partial charge is 0.338 e. The summed E-state index contributed by atoms with van der Waals surface area (Å²) in [5.74, 6) is 0.767. The van der Waals surface area contributed by atoms with Gasteiger partial charge in [-0.15, -0.1) is 0 Å². The van der Waals surface area contributed by atoms with Crippen LogP contribution in [0.3, 0.4) is 0 Å². The second-order valence-corrected chi connectivity index (χ2v) is 8.08. The maximum atomic E-state index is 12.8. The zero-order valence-corrected chi connectivity index (χ0v) is 20.1. The number of unbranched alkanes of at least 4 members (excludes halogenated alkanes) is 1. The first-order chi connectivity index (χ1) is 16.4. The van der Waals surface area contributed by atoms with Crippen LogP contribution in [0.25, 0.3) is 0 Å². The Balaban J connectivity index is 1.66. The van der Waals surface area contributed by atoms with Crippen LogP contribution in [0.1, 0.15) is 57.2 Å². The predicted molar refractivity (Wildman–Crippen MR) is 133 cm³/mol. The third-order valence-corrected chi connectivity index (χ3v) is 5.52. The third-order valence-electron chi connectivity index (χ3n) is 5.52. The van der Waals surface area contributed by atoms with Crippen molar-refractivity contribution in [3.63, 3.8) is 0 Å². The van der Waals surface area contributed by atoms with Gasteiger partial charge in [0.1, 0.15) is 18.1 Å². The van der Waals surface area contributed by atoms with E-state index in [1.54, 1.807) is 49.6 Å². The molecule has 0 spiro atoms. The average molecular weight is 462 g/mol. The number of esters is 1. The molecule has 1 amide bonds. The molecule has 0 aliphatic heterocycles. The third kappa shape index (κ3) is 6.61. The number of hydrogen-bond acceptors (Lipinski definition) is 5. The van der Waals surface area contributed by atoms with Gasteiger partial charge >= 0.3 is 5.97 Å². The molecule has 6 nitrogen and oxygen atoms in total. The first-order valence-electron chi connectivity index (χ1n) is 11.4. The minimum absolute atomic E-state index is 0.266. The Bertz CT molecular complexity index is 1140. The van der Waals surface area contributed by atoms with Crippen molar-refractivity contribution in [2.75, 3.05) is 19.0 Å². The summed E-state index contributed by atoms with van der Waals surface area (Å²) in [5, 5.41) is 2.86. The Hall–Kier alpha value is -3.80. The lowest BCUT2D eigenvalue weighted by molar-refractivity contribution is 0.0499. The van der Waals surface area contributed by atoms with Crippen LogP contribution in [0.5, 0.6) is 11.5 Å². The molecule has 0 heterocycles. The summed E-state index contributed by atoms with van der Waals surface area (Å²) in [6, 6.07) is 17.8. The molecule has 0 saturated heterocycles. The molecule has 0 aliphatic rings. The molecule has 0 radical (unpaired) electrons. The molecule has 3 rings (SSSR count). The highest BCUT2D eigenvalue weighted by Crippen LogP contribution is 2.24. The molecule has 3 aromatic carbocycles. The second kappa shape index (κ2) is 11.9. The number of ether oxygens (including phenoxy) is 3. The highest BCUT2D eigenvalue weighted by molar-refractivity contribution is 6.04. The van der Waals surface area contributed by atoms with E-state index in [2.05, 4.69) is 12.2 Å². The van der Waals surface area contributed by atoms with Crippen LogP contribution >= 0.6 is 0 Å². The van der Waals surface area contributed by atoms with Crippen molar-refractivity contribution >= 4 is 17.6 Å². The highest BCUT2D eigenvalue weighted by atomic mass is 16.5. The molecule has 0 fully saturated rings. The number of aryl methyl sites for hydroxylation is 2. The standard InChI is InChI=1S/C28H31NO5/c1-5-6-15-33-28(31)21-8-11-24(12-9-21)29-27(30)22-10-14-26(32-4)23(17-22)18-34-25-13-7-19(2)20(3)16-25/h7-14,16-17H,5-6,15,18H2,1-4H3,(H,29,30). The quantitative estimate of drug-likeness (QED) is 0.292. The number of amides is 1. The fourth-order valence-corrected chi connectivity index (χ4v) is 3.28. The number of nitrogens with one attached hydrogen (secondary N) is 1. The van der Waals surface area contributed by atoms with Crippen LogP contribution in [-0.2, 0) is 11.3 Å². The Kier molecular flexibility index (Phi) is 8.68. The van der Waals surface area contributed by atoms with Crippen molar-refractivity contribution in [2.24, 2.45) is 0 Å². The van der Waals surface area contributed by atoms with E-state index >= 15 is 0 Å². The van der Waals surface area contributed by atoms with Crippen LogP contribution < -0.4 is 14.8 Å². The van der Waals surface area contributed by atoms with Crippen molar-refractivity contribution in [1.82, 2.24) is 0 Å². The second-order valence-electron chi connectivity index (χ2n) is 8.08. The zero-order chi connectivity index (χ0) is 24.5. The average Bonchev–Trinajstić information content (AvgIpc) is 2.85. The molecule has 3 aromatic rings. The van der Waals surface area contributed by atoms with Gasteiger partial charge in [0.2, 0.25) is 0 Å². The van der Waals surface area contributed by atoms with Crippen molar-refractivity contribution in [3.8, 4) is 11.5 Å². The SMILES string of the molecule is CCCCOC(=O)c1ccc(NC(=O)c2ccc(OC)c(COc3ccc(C)c(C)c3)c2)cc1. The van der Waals surface area contributed by atoms with Gasteiger partial charge in [-0.05, 0) is 86.0 Å². The lowest BCUT2D eigenvalue weighted by atomic mass is 10.1. The van der Waals surface area contributed by atoms with Crippen molar-refractivity contribution in [1.29, 1.82) is 0 Å². The van der Waals surface area contributed by atoms with Gasteiger partial charge < -0.3 is 19.5 Å². The number of carbonyl (C=O) groups is 2. The maximum absolute atomic E-state index is 12.8. The Labute approximate surface area is 200 Å². The van der Waals surface area contributed by atoms with Crippen LogP contribution in [-0.4, -0.2) is 25.6 Å². The lowest BCUT2D eigenvalue weighted by Gasteiger charge is -2.13. The molecule has 6 heteroatoms. The van der Waals surface area contributed by atoms with Crippen LogP contribution in [0.2, 0.25) is 0 Å². The number of carbonyl (C=O) groups excluding carboxylic acids is 2. The van der Waals surface area contributed by atoms with E-state index < -0.39 is 0 Å².